The molecule has 0 bridgehead atoms. The fourth-order valence-corrected chi connectivity index (χ4v) is 3.93. The molecule has 2 amide bonds. The van der Waals surface area contributed by atoms with Crippen LogP contribution in [0.2, 0.25) is 0 Å². The third-order valence-electron chi connectivity index (χ3n) is 5.54. The lowest BCUT2D eigenvalue weighted by Gasteiger charge is -2.38. The van der Waals surface area contributed by atoms with E-state index in [2.05, 4.69) is 58.9 Å². The van der Waals surface area contributed by atoms with Gasteiger partial charge in [-0.1, -0.05) is 24.3 Å². The van der Waals surface area contributed by atoms with E-state index in [0.717, 1.165) is 25.3 Å². The topological polar surface area (TPSA) is 62.8 Å². The number of benzene rings is 2. The van der Waals surface area contributed by atoms with Crippen molar-refractivity contribution in [1.29, 1.82) is 0 Å². The summed E-state index contributed by atoms with van der Waals surface area (Å²) >= 11 is 0. The molecule has 2 aromatic rings. The van der Waals surface area contributed by atoms with E-state index < -0.39 is 0 Å². The highest BCUT2D eigenvalue weighted by Gasteiger charge is 2.29. The molecule has 0 radical (unpaired) electrons. The van der Waals surface area contributed by atoms with Crippen LogP contribution in [-0.4, -0.2) is 44.8 Å². The van der Waals surface area contributed by atoms with Gasteiger partial charge in [-0.05, 0) is 54.7 Å². The normalized spacial score (nSPS) is 16.1. The second-order valence-corrected chi connectivity index (χ2v) is 7.31. The van der Waals surface area contributed by atoms with Crippen molar-refractivity contribution in [3.8, 4) is 11.5 Å². The number of nitrogens with one attached hydrogen (secondary N) is 2. The number of urea groups is 1. The van der Waals surface area contributed by atoms with Gasteiger partial charge in [-0.25, -0.2) is 4.79 Å². The van der Waals surface area contributed by atoms with Crippen LogP contribution < -0.4 is 20.1 Å². The Bertz CT molecular complexity index is 853. The van der Waals surface area contributed by atoms with E-state index >= 15 is 0 Å². The predicted molar refractivity (Wildman–Crippen MR) is 115 cm³/mol. The summed E-state index contributed by atoms with van der Waals surface area (Å²) in [6.07, 6.45) is 0.930. The average Bonchev–Trinajstić information content (AvgIpc) is 2.73. The average molecular weight is 398 g/mol. The Kier molecular flexibility index (Phi) is 6.99. The third kappa shape index (κ3) is 4.82. The first-order chi connectivity index (χ1) is 14.1. The lowest BCUT2D eigenvalue weighted by molar-refractivity contribution is 0.170. The van der Waals surface area contributed by atoms with Crippen LogP contribution in [0.4, 0.5) is 4.79 Å². The number of methoxy groups -OCH3 is 2. The van der Waals surface area contributed by atoms with Crippen molar-refractivity contribution in [2.75, 3.05) is 33.9 Å². The summed E-state index contributed by atoms with van der Waals surface area (Å²) < 4.78 is 11.0. The van der Waals surface area contributed by atoms with Crippen LogP contribution in [0.25, 0.3) is 0 Å². The van der Waals surface area contributed by atoms with E-state index in [0.29, 0.717) is 18.8 Å². The number of carbonyl (C=O) groups is 1. The first-order valence-corrected chi connectivity index (χ1v) is 10.1. The smallest absolute Gasteiger partial charge is 0.314 e. The van der Waals surface area contributed by atoms with Crippen molar-refractivity contribution >= 4 is 6.03 Å². The molecule has 2 N–H and O–H groups in total. The van der Waals surface area contributed by atoms with Crippen molar-refractivity contribution in [1.82, 2.24) is 15.5 Å². The molecule has 0 spiro atoms. The van der Waals surface area contributed by atoms with E-state index in [4.69, 9.17) is 9.47 Å². The van der Waals surface area contributed by atoms with Gasteiger partial charge in [0, 0.05) is 26.2 Å². The molecule has 6 heteroatoms. The number of ether oxygens (including phenoxy) is 2. The summed E-state index contributed by atoms with van der Waals surface area (Å²) in [5.41, 5.74) is 5.01. The van der Waals surface area contributed by atoms with Crippen LogP contribution in [0.5, 0.6) is 11.5 Å². The van der Waals surface area contributed by atoms with E-state index in [1.807, 2.05) is 6.92 Å². The Balaban J connectivity index is 1.92. The molecular weight excluding hydrogens is 366 g/mol. The minimum absolute atomic E-state index is 0.0563. The van der Waals surface area contributed by atoms with Gasteiger partial charge in [0.25, 0.3) is 0 Å². The molecule has 0 saturated carbocycles. The zero-order valence-corrected chi connectivity index (χ0v) is 17.7. The molecule has 1 heterocycles. The fraction of sp³-hybridized carbons (Fsp3) is 0.435. The Hall–Kier alpha value is -2.73. The van der Waals surface area contributed by atoms with Gasteiger partial charge >= 0.3 is 6.03 Å². The fourth-order valence-electron chi connectivity index (χ4n) is 3.93. The Morgan fingerprint density at radius 3 is 2.55 bits per heavy atom. The van der Waals surface area contributed by atoms with Crippen LogP contribution in [-0.2, 0) is 13.0 Å². The molecule has 6 nitrogen and oxygen atoms in total. The molecule has 0 fully saturated rings. The first kappa shape index (κ1) is 21.0. The summed E-state index contributed by atoms with van der Waals surface area (Å²) in [5, 5.41) is 5.84. The quantitative estimate of drug-likeness (QED) is 0.751. The van der Waals surface area contributed by atoms with Gasteiger partial charge in [0.15, 0.2) is 11.5 Å². The lowest BCUT2D eigenvalue weighted by Crippen LogP contribution is -2.44. The van der Waals surface area contributed by atoms with E-state index in [1.165, 1.54) is 22.3 Å². The maximum atomic E-state index is 12.1. The Morgan fingerprint density at radius 2 is 1.86 bits per heavy atom. The van der Waals surface area contributed by atoms with Gasteiger partial charge < -0.3 is 20.1 Å². The highest BCUT2D eigenvalue weighted by molar-refractivity contribution is 5.73. The van der Waals surface area contributed by atoms with Crippen molar-refractivity contribution in [2.24, 2.45) is 0 Å². The van der Waals surface area contributed by atoms with Gasteiger partial charge in [-0.2, -0.15) is 0 Å². The highest BCUT2D eigenvalue weighted by Crippen LogP contribution is 2.38. The zero-order valence-electron chi connectivity index (χ0n) is 17.7. The molecule has 0 aliphatic carbocycles. The SMILES string of the molecule is CCNC(=O)NCC1c2cc(OC)c(OC)cc2CCN1Cc1ccccc1C. The van der Waals surface area contributed by atoms with Crippen LogP contribution in [0.3, 0.4) is 0 Å². The van der Waals surface area contributed by atoms with Crippen molar-refractivity contribution in [2.45, 2.75) is 32.9 Å². The van der Waals surface area contributed by atoms with Gasteiger partial charge in [0.2, 0.25) is 0 Å². The molecule has 0 aromatic heterocycles. The predicted octanol–water partition coefficient (Wildman–Crippen LogP) is 3.43. The molecule has 3 rings (SSSR count). The molecule has 1 unspecified atom stereocenters. The van der Waals surface area contributed by atoms with Crippen molar-refractivity contribution < 1.29 is 14.3 Å². The largest absolute Gasteiger partial charge is 0.493 e. The molecule has 29 heavy (non-hydrogen) atoms. The van der Waals surface area contributed by atoms with Crippen LogP contribution in [0.15, 0.2) is 36.4 Å². The maximum Gasteiger partial charge on any atom is 0.314 e. The van der Waals surface area contributed by atoms with Gasteiger partial charge in [-0.15, -0.1) is 0 Å². The molecule has 2 aromatic carbocycles. The Labute approximate surface area is 173 Å². The summed E-state index contributed by atoms with van der Waals surface area (Å²) in [6, 6.07) is 12.5. The highest BCUT2D eigenvalue weighted by atomic mass is 16.5. The van der Waals surface area contributed by atoms with Crippen molar-refractivity contribution in [3.63, 3.8) is 0 Å². The van der Waals surface area contributed by atoms with Crippen LogP contribution in [0, 0.1) is 6.92 Å². The summed E-state index contributed by atoms with van der Waals surface area (Å²) in [5.74, 6) is 1.46. The zero-order chi connectivity index (χ0) is 20.8. The standard InChI is InChI=1S/C23H31N3O3/c1-5-24-23(27)25-14-20-19-13-22(29-4)21(28-3)12-17(19)10-11-26(20)15-18-9-7-6-8-16(18)2/h6-9,12-13,20H,5,10-11,14-15H2,1-4H3,(H2,24,25,27). The molecule has 1 aliphatic heterocycles. The summed E-state index contributed by atoms with van der Waals surface area (Å²) in [4.78, 5) is 14.5. The molecular formula is C23H31N3O3. The van der Waals surface area contributed by atoms with Gasteiger partial charge in [0.1, 0.15) is 0 Å². The van der Waals surface area contributed by atoms with E-state index in [-0.39, 0.29) is 12.1 Å². The minimum atomic E-state index is -0.143. The number of aryl methyl sites for hydroxylation is 1. The third-order valence-corrected chi connectivity index (χ3v) is 5.54. The lowest BCUT2D eigenvalue weighted by atomic mass is 9.91. The van der Waals surface area contributed by atoms with Gasteiger partial charge in [-0.3, -0.25) is 4.90 Å². The van der Waals surface area contributed by atoms with Crippen LogP contribution >= 0.6 is 0 Å². The summed E-state index contributed by atoms with van der Waals surface area (Å²) in [6.45, 7) is 6.94. The number of fused-ring (bicyclic) bond motifs is 1. The second-order valence-electron chi connectivity index (χ2n) is 7.31. The molecule has 1 atom stereocenters. The minimum Gasteiger partial charge on any atom is -0.493 e. The molecule has 156 valence electrons. The number of amides is 2. The van der Waals surface area contributed by atoms with Crippen molar-refractivity contribution in [3.05, 3.63) is 58.7 Å². The van der Waals surface area contributed by atoms with Crippen LogP contribution in [0.1, 0.15) is 35.2 Å². The molecule has 0 saturated heterocycles. The van der Waals surface area contributed by atoms with E-state index in [1.54, 1.807) is 14.2 Å². The van der Waals surface area contributed by atoms with E-state index in [9.17, 15) is 4.79 Å². The second kappa shape index (κ2) is 9.65. The monoisotopic (exact) mass is 397 g/mol. The maximum absolute atomic E-state index is 12.1. The first-order valence-electron chi connectivity index (χ1n) is 10.1. The number of carbonyl (C=O) groups excluding carboxylic acids is 1. The summed E-state index contributed by atoms with van der Waals surface area (Å²) in [7, 11) is 3.31. The number of hydrogen-bond donors (Lipinski definition) is 2. The number of hydrogen-bond acceptors (Lipinski definition) is 4. The molecule has 1 aliphatic rings. The number of rotatable bonds is 7. The Morgan fingerprint density at radius 1 is 1.14 bits per heavy atom. The van der Waals surface area contributed by atoms with Gasteiger partial charge in [0.05, 0.1) is 20.3 Å². The number of nitrogens with zero attached hydrogens (tertiary/aromatic N) is 1.